The van der Waals surface area contributed by atoms with Crippen LogP contribution in [0.15, 0.2) is 79.0 Å². The van der Waals surface area contributed by atoms with Crippen molar-refractivity contribution in [3.8, 4) is 23.0 Å². The SMILES string of the molecule is COc1cc2c(Oc3ccc4c(C(=O)Nc5ccc(Cl)c(C(F)(F)F)c5)cccc4c3)ccnc2cc1OCCCN1CCCC1. The second-order valence-corrected chi connectivity index (χ2v) is 11.4. The fraction of sp³-hybridized carbons (Fsp3) is 0.257. The monoisotopic (exact) mass is 649 g/mol. The Hall–Kier alpha value is -4.54. The fourth-order valence-electron chi connectivity index (χ4n) is 5.64. The molecule has 1 saturated heterocycles. The molecule has 4 aromatic carbocycles. The average molecular weight is 650 g/mol. The predicted molar refractivity (Wildman–Crippen MR) is 173 cm³/mol. The molecule has 0 radical (unpaired) electrons. The molecule has 1 fully saturated rings. The number of rotatable bonds is 10. The Morgan fingerprint density at radius 2 is 1.78 bits per heavy atom. The van der Waals surface area contributed by atoms with Gasteiger partial charge in [0.1, 0.15) is 11.5 Å². The number of hydrogen-bond donors (Lipinski definition) is 1. The van der Waals surface area contributed by atoms with Gasteiger partial charge in [0.05, 0.1) is 29.8 Å². The average Bonchev–Trinajstić information content (AvgIpc) is 3.56. The minimum atomic E-state index is -4.65. The Kier molecular flexibility index (Phi) is 9.19. The van der Waals surface area contributed by atoms with Crippen molar-refractivity contribution in [1.29, 1.82) is 0 Å². The van der Waals surface area contributed by atoms with Crippen LogP contribution in [0.2, 0.25) is 5.02 Å². The van der Waals surface area contributed by atoms with Crippen LogP contribution in [0.3, 0.4) is 0 Å². The quantitative estimate of drug-likeness (QED) is 0.152. The van der Waals surface area contributed by atoms with Crippen molar-refractivity contribution < 1.29 is 32.2 Å². The lowest BCUT2D eigenvalue weighted by Crippen LogP contribution is -2.21. The molecule has 0 spiro atoms. The lowest BCUT2D eigenvalue weighted by atomic mass is 10.0. The highest BCUT2D eigenvalue weighted by Crippen LogP contribution is 2.39. The third kappa shape index (κ3) is 6.98. The molecule has 11 heteroatoms. The Labute approximate surface area is 268 Å². The zero-order valence-electron chi connectivity index (χ0n) is 25.0. The van der Waals surface area contributed by atoms with Crippen molar-refractivity contribution in [1.82, 2.24) is 9.88 Å². The third-order valence-electron chi connectivity index (χ3n) is 7.92. The molecule has 0 saturated carbocycles. The molecule has 1 N–H and O–H groups in total. The highest BCUT2D eigenvalue weighted by atomic mass is 35.5. The first-order valence-electron chi connectivity index (χ1n) is 14.9. The van der Waals surface area contributed by atoms with Crippen LogP contribution in [0, 0.1) is 0 Å². The minimum Gasteiger partial charge on any atom is -0.493 e. The molecular weight excluding hydrogens is 619 g/mol. The maximum absolute atomic E-state index is 13.3. The molecule has 1 aliphatic rings. The van der Waals surface area contributed by atoms with Crippen molar-refractivity contribution in [2.75, 3.05) is 38.7 Å². The predicted octanol–water partition coefficient (Wildman–Crippen LogP) is 8.98. The topological polar surface area (TPSA) is 72.9 Å². The number of likely N-dealkylation sites (tertiary alicyclic amines) is 1. The molecule has 1 amide bonds. The molecule has 2 heterocycles. The number of benzene rings is 4. The first kappa shape index (κ1) is 31.4. The van der Waals surface area contributed by atoms with Crippen LogP contribution >= 0.6 is 11.6 Å². The van der Waals surface area contributed by atoms with Crippen LogP contribution in [-0.2, 0) is 6.18 Å². The Bertz CT molecular complexity index is 1890. The van der Waals surface area contributed by atoms with Gasteiger partial charge in [-0.2, -0.15) is 13.2 Å². The second-order valence-electron chi connectivity index (χ2n) is 11.0. The van der Waals surface area contributed by atoms with E-state index in [1.165, 1.54) is 18.9 Å². The van der Waals surface area contributed by atoms with Crippen molar-refractivity contribution >= 4 is 44.9 Å². The van der Waals surface area contributed by atoms with E-state index in [2.05, 4.69) is 15.2 Å². The van der Waals surface area contributed by atoms with E-state index in [0.717, 1.165) is 43.6 Å². The fourth-order valence-corrected chi connectivity index (χ4v) is 5.86. The summed E-state index contributed by atoms with van der Waals surface area (Å²) in [7, 11) is 1.59. The van der Waals surface area contributed by atoms with Crippen LogP contribution in [0.25, 0.3) is 21.7 Å². The van der Waals surface area contributed by atoms with E-state index in [0.29, 0.717) is 51.5 Å². The van der Waals surface area contributed by atoms with Gasteiger partial charge in [0.2, 0.25) is 0 Å². The molecule has 1 aromatic heterocycles. The standard InChI is InChI=1S/C35H31ClF3N3O4/c1-44-32-20-27-30(21-33(32)45-17-5-16-42-14-2-3-15-42)40-13-12-31(27)46-24-9-10-25-22(18-24)6-4-7-26(25)34(43)41-23-8-11-29(36)28(19-23)35(37,38)39/h4,6-13,18-21H,2-3,5,14-17H2,1H3,(H,41,43). The highest BCUT2D eigenvalue weighted by Gasteiger charge is 2.33. The maximum Gasteiger partial charge on any atom is 0.417 e. The van der Waals surface area contributed by atoms with Crippen molar-refractivity contribution in [2.45, 2.75) is 25.4 Å². The van der Waals surface area contributed by atoms with Crippen LogP contribution < -0.4 is 19.5 Å². The molecule has 0 unspecified atom stereocenters. The van der Waals surface area contributed by atoms with E-state index in [1.807, 2.05) is 18.2 Å². The number of pyridine rings is 1. The summed E-state index contributed by atoms with van der Waals surface area (Å²) in [4.78, 5) is 20.1. The van der Waals surface area contributed by atoms with Crippen LogP contribution in [0.1, 0.15) is 35.2 Å². The summed E-state index contributed by atoms with van der Waals surface area (Å²) in [6.07, 6.45) is 0.446. The summed E-state index contributed by atoms with van der Waals surface area (Å²) in [5.74, 6) is 1.71. The zero-order chi connectivity index (χ0) is 32.3. The van der Waals surface area contributed by atoms with Crippen LogP contribution in [0.5, 0.6) is 23.0 Å². The third-order valence-corrected chi connectivity index (χ3v) is 8.25. The normalized spacial score (nSPS) is 13.7. The number of fused-ring (bicyclic) bond motifs is 2. The van der Waals surface area contributed by atoms with Crippen molar-refractivity contribution in [2.24, 2.45) is 0 Å². The van der Waals surface area contributed by atoms with Gasteiger partial charge in [-0.3, -0.25) is 9.78 Å². The van der Waals surface area contributed by atoms with E-state index in [-0.39, 0.29) is 5.69 Å². The number of amides is 1. The van der Waals surface area contributed by atoms with Gasteiger partial charge in [-0.05, 0) is 97.7 Å². The second kappa shape index (κ2) is 13.4. The number of halogens is 4. The van der Waals surface area contributed by atoms with Gasteiger partial charge in [0, 0.05) is 35.4 Å². The summed E-state index contributed by atoms with van der Waals surface area (Å²) in [6, 6.07) is 19.1. The summed E-state index contributed by atoms with van der Waals surface area (Å²) < 4.78 is 57.9. The Morgan fingerprint density at radius 1 is 0.957 bits per heavy atom. The first-order chi connectivity index (χ1) is 22.2. The number of carbonyl (C=O) groups is 1. The first-order valence-corrected chi connectivity index (χ1v) is 15.3. The van der Waals surface area contributed by atoms with Crippen molar-refractivity contribution in [3.05, 3.63) is 95.1 Å². The van der Waals surface area contributed by atoms with Gasteiger partial charge in [-0.1, -0.05) is 23.7 Å². The van der Waals surface area contributed by atoms with Gasteiger partial charge in [-0.15, -0.1) is 0 Å². The number of nitrogens with zero attached hydrogens (tertiary/aromatic N) is 2. The number of ether oxygens (including phenoxy) is 3. The summed E-state index contributed by atoms with van der Waals surface area (Å²) in [5.41, 5.74) is -0.0676. The Balaban J connectivity index is 1.20. The van der Waals surface area contributed by atoms with E-state index in [1.54, 1.807) is 49.7 Å². The molecule has 6 rings (SSSR count). The molecule has 238 valence electrons. The number of alkyl halides is 3. The molecule has 7 nitrogen and oxygen atoms in total. The van der Waals surface area contributed by atoms with Crippen LogP contribution in [-0.4, -0.2) is 49.1 Å². The minimum absolute atomic E-state index is 0.0192. The van der Waals surface area contributed by atoms with Gasteiger partial charge in [0.25, 0.3) is 5.91 Å². The van der Waals surface area contributed by atoms with Gasteiger partial charge in [-0.25, -0.2) is 0 Å². The number of methoxy groups -OCH3 is 1. The van der Waals surface area contributed by atoms with E-state index >= 15 is 0 Å². The maximum atomic E-state index is 13.3. The largest absolute Gasteiger partial charge is 0.493 e. The van der Waals surface area contributed by atoms with Gasteiger partial charge in [0.15, 0.2) is 11.5 Å². The van der Waals surface area contributed by atoms with Gasteiger partial charge >= 0.3 is 6.18 Å². The van der Waals surface area contributed by atoms with E-state index in [9.17, 15) is 18.0 Å². The Morgan fingerprint density at radius 3 is 2.57 bits per heavy atom. The number of aromatic nitrogens is 1. The number of hydrogen-bond acceptors (Lipinski definition) is 6. The number of carbonyl (C=O) groups excluding carboxylic acids is 1. The molecule has 5 aromatic rings. The van der Waals surface area contributed by atoms with E-state index in [4.69, 9.17) is 25.8 Å². The molecule has 46 heavy (non-hydrogen) atoms. The molecule has 0 aliphatic carbocycles. The lowest BCUT2D eigenvalue weighted by Gasteiger charge is -2.16. The van der Waals surface area contributed by atoms with E-state index < -0.39 is 22.7 Å². The lowest BCUT2D eigenvalue weighted by molar-refractivity contribution is -0.137. The zero-order valence-corrected chi connectivity index (χ0v) is 25.8. The molecule has 1 aliphatic heterocycles. The smallest absolute Gasteiger partial charge is 0.417 e. The highest BCUT2D eigenvalue weighted by molar-refractivity contribution is 6.31. The summed E-state index contributed by atoms with van der Waals surface area (Å²) in [6.45, 7) is 3.88. The van der Waals surface area contributed by atoms with Crippen LogP contribution in [0.4, 0.5) is 18.9 Å². The molecule has 0 atom stereocenters. The number of nitrogens with one attached hydrogen (secondary N) is 1. The van der Waals surface area contributed by atoms with Crippen molar-refractivity contribution in [3.63, 3.8) is 0 Å². The molecule has 0 bridgehead atoms. The summed E-state index contributed by atoms with van der Waals surface area (Å²) in [5, 5.41) is 4.15. The summed E-state index contributed by atoms with van der Waals surface area (Å²) >= 11 is 5.72. The number of anilines is 1. The van der Waals surface area contributed by atoms with Gasteiger partial charge < -0.3 is 24.4 Å². The molecular formula is C35H31ClF3N3O4.